The highest BCUT2D eigenvalue weighted by molar-refractivity contribution is 7.80. The number of phenolic OH excluding ortho intramolecular Hbond substituents is 1. The Morgan fingerprint density at radius 3 is 2.77 bits per heavy atom. The van der Waals surface area contributed by atoms with Gasteiger partial charge < -0.3 is 15.7 Å². The standard InChI is InChI=1S/C15H23N3O3S/c1-3-5-6-11(4-2)10-16-15(22)17-13-9-12(18(20)21)7-8-14(13)19/h7-9,11,19H,3-6,10H2,1-2H3,(H2,16,17,22)/t11-/m0/s1. The lowest BCUT2D eigenvalue weighted by molar-refractivity contribution is -0.384. The molecular formula is C15H23N3O3S. The zero-order valence-corrected chi connectivity index (χ0v) is 13.8. The number of phenols is 1. The van der Waals surface area contributed by atoms with Crippen LogP contribution in [0.2, 0.25) is 0 Å². The fourth-order valence-electron chi connectivity index (χ4n) is 2.08. The smallest absolute Gasteiger partial charge is 0.271 e. The second-order valence-electron chi connectivity index (χ2n) is 5.21. The molecule has 0 aromatic heterocycles. The van der Waals surface area contributed by atoms with Crippen molar-refractivity contribution < 1.29 is 10.0 Å². The first kappa shape index (κ1) is 18.2. The summed E-state index contributed by atoms with van der Waals surface area (Å²) in [4.78, 5) is 10.2. The molecule has 7 heteroatoms. The number of thiocarbonyl (C=S) groups is 1. The molecule has 0 aliphatic heterocycles. The number of hydrogen-bond acceptors (Lipinski definition) is 4. The zero-order chi connectivity index (χ0) is 16.5. The Hall–Kier alpha value is -1.89. The molecule has 1 aromatic rings. The minimum Gasteiger partial charge on any atom is -0.506 e. The first-order valence-corrected chi connectivity index (χ1v) is 7.91. The van der Waals surface area contributed by atoms with Crippen molar-refractivity contribution in [2.75, 3.05) is 11.9 Å². The third-order valence-corrected chi connectivity index (χ3v) is 3.78. The van der Waals surface area contributed by atoms with E-state index in [1.807, 2.05) is 0 Å². The average molecular weight is 325 g/mol. The van der Waals surface area contributed by atoms with Crippen LogP contribution in [-0.2, 0) is 0 Å². The van der Waals surface area contributed by atoms with Crippen molar-refractivity contribution in [1.29, 1.82) is 0 Å². The SMILES string of the molecule is CCCC[C@H](CC)CNC(=S)Nc1cc([N+](=O)[O-])ccc1O. The summed E-state index contributed by atoms with van der Waals surface area (Å²) in [5.74, 6) is 0.464. The highest BCUT2D eigenvalue weighted by Crippen LogP contribution is 2.27. The summed E-state index contributed by atoms with van der Waals surface area (Å²) in [5.41, 5.74) is 0.130. The van der Waals surface area contributed by atoms with Gasteiger partial charge >= 0.3 is 0 Å². The molecule has 0 aliphatic rings. The fourth-order valence-corrected chi connectivity index (χ4v) is 2.28. The van der Waals surface area contributed by atoms with Crippen LogP contribution >= 0.6 is 12.2 Å². The predicted octanol–water partition coefficient (Wildman–Crippen LogP) is 3.80. The Balaban J connectivity index is 2.57. The maximum Gasteiger partial charge on any atom is 0.271 e. The molecule has 0 unspecified atom stereocenters. The van der Waals surface area contributed by atoms with Crippen molar-refractivity contribution in [3.63, 3.8) is 0 Å². The quantitative estimate of drug-likeness (QED) is 0.292. The Bertz CT molecular complexity index is 523. The summed E-state index contributed by atoms with van der Waals surface area (Å²) in [6, 6.07) is 3.78. The second kappa shape index (κ2) is 9.19. The number of nitro groups is 1. The van der Waals surface area contributed by atoms with Crippen molar-refractivity contribution >= 4 is 28.7 Å². The van der Waals surface area contributed by atoms with Gasteiger partial charge in [0.05, 0.1) is 10.6 Å². The van der Waals surface area contributed by atoms with E-state index in [0.29, 0.717) is 11.0 Å². The largest absolute Gasteiger partial charge is 0.506 e. The molecule has 0 bridgehead atoms. The number of non-ortho nitro benzene ring substituents is 1. The van der Waals surface area contributed by atoms with Crippen LogP contribution < -0.4 is 10.6 Å². The number of benzene rings is 1. The lowest BCUT2D eigenvalue weighted by Crippen LogP contribution is -2.32. The van der Waals surface area contributed by atoms with Crippen LogP contribution in [0.5, 0.6) is 5.75 Å². The van der Waals surface area contributed by atoms with Gasteiger partial charge in [0, 0.05) is 18.7 Å². The summed E-state index contributed by atoms with van der Waals surface area (Å²) < 4.78 is 0. The van der Waals surface area contributed by atoms with Crippen molar-refractivity contribution in [3.05, 3.63) is 28.3 Å². The van der Waals surface area contributed by atoms with Gasteiger partial charge in [-0.25, -0.2) is 0 Å². The number of hydrogen-bond donors (Lipinski definition) is 3. The van der Waals surface area contributed by atoms with E-state index < -0.39 is 4.92 Å². The third kappa shape index (κ3) is 5.85. The van der Waals surface area contributed by atoms with Crippen LogP contribution in [0, 0.1) is 16.0 Å². The molecule has 1 atom stereocenters. The van der Waals surface area contributed by atoms with Gasteiger partial charge in [-0.1, -0.05) is 33.1 Å². The van der Waals surface area contributed by atoms with Gasteiger partial charge in [0.15, 0.2) is 5.11 Å². The molecule has 22 heavy (non-hydrogen) atoms. The van der Waals surface area contributed by atoms with Crippen molar-refractivity contribution in [1.82, 2.24) is 5.32 Å². The monoisotopic (exact) mass is 325 g/mol. The van der Waals surface area contributed by atoms with Gasteiger partial charge in [0.2, 0.25) is 0 Å². The van der Waals surface area contributed by atoms with Crippen LogP contribution in [-0.4, -0.2) is 21.7 Å². The molecule has 1 rings (SSSR count). The normalized spacial score (nSPS) is 11.7. The van der Waals surface area contributed by atoms with E-state index in [9.17, 15) is 15.2 Å². The van der Waals surface area contributed by atoms with E-state index >= 15 is 0 Å². The van der Waals surface area contributed by atoms with Crippen molar-refractivity contribution in [2.45, 2.75) is 39.5 Å². The number of aromatic hydroxyl groups is 1. The predicted molar refractivity (Wildman–Crippen MR) is 92.3 cm³/mol. The van der Waals surface area contributed by atoms with Gasteiger partial charge in [0.25, 0.3) is 5.69 Å². The van der Waals surface area contributed by atoms with Gasteiger partial charge in [-0.2, -0.15) is 0 Å². The number of nitrogens with zero attached hydrogens (tertiary/aromatic N) is 1. The molecule has 0 saturated carbocycles. The van der Waals surface area contributed by atoms with Gasteiger partial charge in [-0.05, 0) is 30.6 Å². The molecule has 1 aromatic carbocycles. The zero-order valence-electron chi connectivity index (χ0n) is 13.0. The van der Waals surface area contributed by atoms with Crippen molar-refractivity contribution in [2.24, 2.45) is 5.92 Å². The van der Waals surface area contributed by atoms with Gasteiger partial charge in [-0.15, -0.1) is 0 Å². The molecule has 0 spiro atoms. The Labute approximate surface area is 136 Å². The minimum absolute atomic E-state index is 0.0761. The molecule has 6 nitrogen and oxygen atoms in total. The number of nitrogens with one attached hydrogen (secondary N) is 2. The highest BCUT2D eigenvalue weighted by atomic mass is 32.1. The van der Waals surface area contributed by atoms with E-state index in [-0.39, 0.29) is 17.1 Å². The number of unbranched alkanes of at least 4 members (excludes halogenated alkanes) is 1. The molecule has 0 radical (unpaired) electrons. The Morgan fingerprint density at radius 1 is 1.45 bits per heavy atom. The summed E-state index contributed by atoms with van der Waals surface area (Å²) in [6.45, 7) is 5.06. The van der Waals surface area contributed by atoms with Gasteiger partial charge in [-0.3, -0.25) is 10.1 Å². The minimum atomic E-state index is -0.515. The first-order chi connectivity index (χ1) is 10.5. The summed E-state index contributed by atoms with van der Waals surface area (Å²) in [6.07, 6.45) is 4.56. The van der Waals surface area contributed by atoms with Crippen LogP contribution in [0.1, 0.15) is 39.5 Å². The van der Waals surface area contributed by atoms with Crippen LogP contribution in [0.15, 0.2) is 18.2 Å². The maximum atomic E-state index is 10.8. The number of rotatable bonds is 8. The molecule has 122 valence electrons. The van der Waals surface area contributed by atoms with E-state index in [2.05, 4.69) is 24.5 Å². The highest BCUT2D eigenvalue weighted by Gasteiger charge is 2.12. The first-order valence-electron chi connectivity index (χ1n) is 7.50. The molecule has 0 fully saturated rings. The maximum absolute atomic E-state index is 10.8. The molecule has 0 saturated heterocycles. The van der Waals surface area contributed by atoms with E-state index in [1.54, 1.807) is 0 Å². The summed E-state index contributed by atoms with van der Waals surface area (Å²) in [5, 5.41) is 26.8. The summed E-state index contributed by atoms with van der Waals surface area (Å²) >= 11 is 5.18. The molecule has 3 N–H and O–H groups in total. The average Bonchev–Trinajstić information content (AvgIpc) is 2.49. The Kier molecular flexibility index (Phi) is 7.59. The number of anilines is 1. The molecular weight excluding hydrogens is 302 g/mol. The molecule has 0 amide bonds. The van der Waals surface area contributed by atoms with E-state index in [1.165, 1.54) is 31.0 Å². The summed E-state index contributed by atoms with van der Waals surface area (Å²) in [7, 11) is 0. The van der Waals surface area contributed by atoms with E-state index in [4.69, 9.17) is 12.2 Å². The van der Waals surface area contributed by atoms with Crippen molar-refractivity contribution in [3.8, 4) is 5.75 Å². The topological polar surface area (TPSA) is 87.4 Å². The lowest BCUT2D eigenvalue weighted by atomic mass is 9.99. The van der Waals surface area contributed by atoms with Crippen LogP contribution in [0.4, 0.5) is 11.4 Å². The van der Waals surface area contributed by atoms with E-state index in [0.717, 1.165) is 19.4 Å². The third-order valence-electron chi connectivity index (χ3n) is 3.53. The Morgan fingerprint density at radius 2 is 2.18 bits per heavy atom. The van der Waals surface area contributed by atoms with Crippen LogP contribution in [0.3, 0.4) is 0 Å². The molecule has 0 heterocycles. The second-order valence-corrected chi connectivity index (χ2v) is 5.62. The lowest BCUT2D eigenvalue weighted by Gasteiger charge is -2.17. The van der Waals surface area contributed by atoms with Gasteiger partial charge in [0.1, 0.15) is 5.75 Å². The number of nitro benzene ring substituents is 1. The molecule has 0 aliphatic carbocycles. The van der Waals surface area contributed by atoms with Crippen LogP contribution in [0.25, 0.3) is 0 Å². The fraction of sp³-hybridized carbons (Fsp3) is 0.533.